The Morgan fingerprint density at radius 1 is 1.35 bits per heavy atom. The van der Waals surface area contributed by atoms with Gasteiger partial charge in [-0.05, 0) is 10.8 Å². The number of carbonyl (C=O) groups excluding carboxylic acids is 1. The molecule has 0 bridgehead atoms. The number of carboxylic acid groups (broad SMARTS) is 1. The van der Waals surface area contributed by atoms with Crippen LogP contribution in [0.25, 0.3) is 0 Å². The van der Waals surface area contributed by atoms with Crippen LogP contribution in [0, 0.1) is 0 Å². The Labute approximate surface area is 102 Å². The van der Waals surface area contributed by atoms with Crippen molar-refractivity contribution >= 4 is 18.0 Å². The number of aromatic carboxylic acids is 1. The summed E-state index contributed by atoms with van der Waals surface area (Å²) in [6.07, 6.45) is 4.73. The van der Waals surface area contributed by atoms with Crippen LogP contribution < -0.4 is 14.1 Å². The maximum absolute atomic E-state index is 10.8. The molecule has 1 aromatic heterocycles. The minimum atomic E-state index is -1.23. The van der Waals surface area contributed by atoms with Gasteiger partial charge in [0.05, 0.1) is 10.9 Å². The molecule has 0 radical (unpaired) electrons. The molecule has 0 saturated carbocycles. The lowest BCUT2D eigenvalue weighted by Gasteiger charge is -2.07. The topological polar surface area (TPSA) is 66.1 Å². The van der Waals surface area contributed by atoms with Gasteiger partial charge in [-0.2, -0.15) is 0 Å². The Bertz CT molecular complexity index is 519. The predicted octanol–water partition coefficient (Wildman–Crippen LogP) is -0.132. The summed E-state index contributed by atoms with van der Waals surface area (Å²) in [4.78, 5) is 15.2. The van der Waals surface area contributed by atoms with Gasteiger partial charge in [-0.3, -0.25) is 4.28 Å². The zero-order chi connectivity index (χ0) is 12.1. The van der Waals surface area contributed by atoms with Crippen LogP contribution in [0.1, 0.15) is 10.4 Å². The molecule has 0 unspecified atom stereocenters. The van der Waals surface area contributed by atoms with Crippen molar-refractivity contribution in [3.8, 4) is 0 Å². The van der Waals surface area contributed by atoms with E-state index in [-0.39, 0.29) is 5.56 Å². The molecule has 6 heteroatoms. The first-order chi connectivity index (χ1) is 8.27. The van der Waals surface area contributed by atoms with Gasteiger partial charge >= 0.3 is 6.33 Å². The Kier molecular flexibility index (Phi) is 3.56. The van der Waals surface area contributed by atoms with E-state index in [2.05, 4.69) is 4.98 Å². The van der Waals surface area contributed by atoms with Crippen molar-refractivity contribution in [1.82, 2.24) is 4.98 Å². The molecule has 2 rings (SSSR count). The lowest BCUT2D eigenvalue weighted by molar-refractivity contribution is -0.855. The predicted molar refractivity (Wildman–Crippen MR) is 57.6 cm³/mol. The largest absolute Gasteiger partial charge is 0.545 e. The average molecular weight is 248 g/mol. The van der Waals surface area contributed by atoms with E-state index in [0.717, 1.165) is 12.0 Å². The van der Waals surface area contributed by atoms with Crippen LogP contribution in [-0.4, -0.2) is 11.0 Å². The molecule has 0 fully saturated rings. The van der Waals surface area contributed by atoms with Crippen LogP contribution in [0.3, 0.4) is 0 Å². The third-order valence-corrected chi connectivity index (χ3v) is 2.69. The average Bonchev–Trinajstić information content (AvgIpc) is 2.38. The highest BCUT2D eigenvalue weighted by molar-refractivity contribution is 7.94. The zero-order valence-corrected chi connectivity index (χ0v) is 9.46. The van der Waals surface area contributed by atoms with Crippen molar-refractivity contribution in [3.05, 3.63) is 54.6 Å². The van der Waals surface area contributed by atoms with E-state index in [1.807, 2.05) is 0 Å². The van der Waals surface area contributed by atoms with Crippen LogP contribution in [0.15, 0.2) is 53.9 Å². The maximum Gasteiger partial charge on any atom is 0.326 e. The van der Waals surface area contributed by atoms with Crippen molar-refractivity contribution in [2.45, 2.75) is 4.90 Å². The molecule has 0 spiro atoms. The standard InChI is InChI=1S/C11H8N2O3S/c14-11(15)9-4-1-2-5-10(9)17-16-13-7-3-6-12-8-13/h1-8H. The molecule has 0 saturated heterocycles. The second kappa shape index (κ2) is 5.31. The number of nitrogens with zero attached hydrogens (tertiary/aromatic N) is 2. The molecule has 0 atom stereocenters. The van der Waals surface area contributed by atoms with Crippen LogP contribution in [-0.2, 0) is 0 Å². The highest BCUT2D eigenvalue weighted by Gasteiger charge is 2.07. The SMILES string of the molecule is O=C([O-])c1ccccc1SO[n+]1cccnc1. The second-order valence-electron chi connectivity index (χ2n) is 3.06. The van der Waals surface area contributed by atoms with Gasteiger partial charge in [0.15, 0.2) is 12.0 Å². The molecular formula is C11H8N2O3S. The summed E-state index contributed by atoms with van der Waals surface area (Å²) < 4.78 is 6.63. The molecule has 0 aliphatic rings. The van der Waals surface area contributed by atoms with Gasteiger partial charge in [0, 0.05) is 11.6 Å². The van der Waals surface area contributed by atoms with Gasteiger partial charge in [-0.15, -0.1) is 0 Å². The fourth-order valence-corrected chi connectivity index (χ4v) is 1.78. The van der Waals surface area contributed by atoms with Crippen molar-refractivity contribution in [2.75, 3.05) is 0 Å². The molecule has 1 heterocycles. The van der Waals surface area contributed by atoms with Crippen molar-refractivity contribution in [3.63, 3.8) is 0 Å². The van der Waals surface area contributed by atoms with E-state index in [0.29, 0.717) is 4.90 Å². The smallest absolute Gasteiger partial charge is 0.326 e. The number of hydrogen-bond acceptors (Lipinski definition) is 5. The summed E-state index contributed by atoms with van der Waals surface area (Å²) in [7, 11) is 0. The van der Waals surface area contributed by atoms with E-state index >= 15 is 0 Å². The van der Waals surface area contributed by atoms with E-state index < -0.39 is 5.97 Å². The fourth-order valence-electron chi connectivity index (χ4n) is 1.15. The normalized spacial score (nSPS) is 9.88. The molecule has 0 aliphatic carbocycles. The molecule has 5 nitrogen and oxygen atoms in total. The third kappa shape index (κ3) is 2.94. The Balaban J connectivity index is 2.12. The lowest BCUT2D eigenvalue weighted by atomic mass is 10.2. The third-order valence-electron chi connectivity index (χ3n) is 1.91. The summed E-state index contributed by atoms with van der Waals surface area (Å²) in [6.45, 7) is 0. The number of carbonyl (C=O) groups is 1. The van der Waals surface area contributed by atoms with Gasteiger partial charge in [0.25, 0.3) is 0 Å². The molecule has 0 amide bonds. The van der Waals surface area contributed by atoms with E-state index in [9.17, 15) is 9.90 Å². The zero-order valence-electron chi connectivity index (χ0n) is 8.65. The summed E-state index contributed by atoms with van der Waals surface area (Å²) in [5, 5.41) is 10.8. The monoisotopic (exact) mass is 248 g/mol. The second-order valence-corrected chi connectivity index (χ2v) is 3.81. The maximum atomic E-state index is 10.8. The van der Waals surface area contributed by atoms with Gasteiger partial charge in [-0.25, -0.2) is 0 Å². The van der Waals surface area contributed by atoms with Crippen LogP contribution in [0.2, 0.25) is 0 Å². The summed E-state index contributed by atoms with van der Waals surface area (Å²) in [5.41, 5.74) is 0.0991. The molecule has 0 aliphatic heterocycles. The number of rotatable bonds is 4. The van der Waals surface area contributed by atoms with Gasteiger partial charge < -0.3 is 9.90 Å². The summed E-state index contributed by atoms with van der Waals surface area (Å²) in [6, 6.07) is 8.17. The van der Waals surface area contributed by atoms with Gasteiger partial charge in [0.1, 0.15) is 12.4 Å². The van der Waals surface area contributed by atoms with Crippen LogP contribution in [0.4, 0.5) is 0 Å². The van der Waals surface area contributed by atoms with E-state index in [1.54, 1.807) is 36.7 Å². The molecule has 86 valence electrons. The summed E-state index contributed by atoms with van der Waals surface area (Å²) in [5.74, 6) is -1.23. The lowest BCUT2D eigenvalue weighted by Crippen LogP contribution is -2.38. The Morgan fingerprint density at radius 3 is 2.88 bits per heavy atom. The number of hydrogen-bond donors (Lipinski definition) is 0. The molecule has 2 aromatic rings. The molecular weight excluding hydrogens is 240 g/mol. The number of benzene rings is 1. The number of aromatic nitrogens is 2. The first kappa shape index (κ1) is 11.4. The quantitative estimate of drug-likeness (QED) is 0.557. The van der Waals surface area contributed by atoms with Crippen molar-refractivity contribution < 1.29 is 18.9 Å². The fraction of sp³-hybridized carbons (Fsp3) is 0. The van der Waals surface area contributed by atoms with E-state index in [4.69, 9.17) is 4.28 Å². The first-order valence-corrected chi connectivity index (χ1v) is 5.48. The highest BCUT2D eigenvalue weighted by Crippen LogP contribution is 2.19. The van der Waals surface area contributed by atoms with Crippen LogP contribution >= 0.6 is 12.0 Å². The first-order valence-electron chi connectivity index (χ1n) is 4.74. The number of carboxylic acids is 1. The molecule has 1 aromatic carbocycles. The highest BCUT2D eigenvalue weighted by atomic mass is 32.2. The van der Waals surface area contributed by atoms with Crippen LogP contribution in [0.5, 0.6) is 0 Å². The van der Waals surface area contributed by atoms with Gasteiger partial charge in [0.2, 0.25) is 0 Å². The minimum absolute atomic E-state index is 0.0991. The van der Waals surface area contributed by atoms with E-state index in [1.165, 1.54) is 17.1 Å². The Hall–Kier alpha value is -2.08. The Morgan fingerprint density at radius 2 is 2.18 bits per heavy atom. The molecule has 0 N–H and O–H groups in total. The van der Waals surface area contributed by atoms with Crippen molar-refractivity contribution in [1.29, 1.82) is 0 Å². The summed E-state index contributed by atoms with van der Waals surface area (Å²) >= 11 is 0.931. The minimum Gasteiger partial charge on any atom is -0.545 e. The van der Waals surface area contributed by atoms with Gasteiger partial charge in [-0.1, -0.05) is 23.2 Å². The molecule has 17 heavy (non-hydrogen) atoms. The van der Waals surface area contributed by atoms with Crippen molar-refractivity contribution in [2.24, 2.45) is 0 Å².